The molecule has 2 aromatic rings. The van der Waals surface area contributed by atoms with Crippen molar-refractivity contribution < 1.29 is 27.9 Å². The van der Waals surface area contributed by atoms with E-state index in [2.05, 4.69) is 0 Å². The molecule has 2 fully saturated rings. The number of hydrogen-bond donors (Lipinski definition) is 1. The van der Waals surface area contributed by atoms with Gasteiger partial charge in [-0.3, -0.25) is 4.79 Å². The fourth-order valence-corrected chi connectivity index (χ4v) is 5.53. The minimum atomic E-state index is -4.49. The van der Waals surface area contributed by atoms with Crippen LogP contribution in [0.3, 0.4) is 0 Å². The Kier molecular flexibility index (Phi) is 7.18. The lowest BCUT2D eigenvalue weighted by atomic mass is 9.90. The van der Waals surface area contributed by atoms with Gasteiger partial charge >= 0.3 is 12.2 Å². The van der Waals surface area contributed by atoms with Crippen LogP contribution >= 0.6 is 0 Å². The van der Waals surface area contributed by atoms with E-state index < -0.39 is 23.8 Å². The third-order valence-corrected chi connectivity index (χ3v) is 7.81. The van der Waals surface area contributed by atoms with Crippen molar-refractivity contribution in [2.45, 2.75) is 70.8 Å². The van der Waals surface area contributed by atoms with E-state index in [-0.39, 0.29) is 29.6 Å². The molecule has 0 radical (unpaired) electrons. The Labute approximate surface area is 215 Å². The molecule has 0 spiro atoms. The van der Waals surface area contributed by atoms with E-state index in [0.717, 1.165) is 17.2 Å². The van der Waals surface area contributed by atoms with Crippen molar-refractivity contribution >= 4 is 11.9 Å². The van der Waals surface area contributed by atoms with E-state index in [9.17, 15) is 27.9 Å². The molecule has 3 unspecified atom stereocenters. The summed E-state index contributed by atoms with van der Waals surface area (Å²) in [6, 6.07) is 7.48. The van der Waals surface area contributed by atoms with Crippen molar-refractivity contribution in [2.75, 3.05) is 20.1 Å². The van der Waals surface area contributed by atoms with Gasteiger partial charge in [-0.2, -0.15) is 13.2 Å². The van der Waals surface area contributed by atoms with Gasteiger partial charge in [0.05, 0.1) is 23.7 Å². The number of fused-ring (bicyclic) bond motifs is 1. The summed E-state index contributed by atoms with van der Waals surface area (Å²) in [5.74, 6) is 0.0695. The third-order valence-electron chi connectivity index (χ3n) is 7.81. The predicted octanol–water partition coefficient (Wildman–Crippen LogP) is 6.00. The van der Waals surface area contributed by atoms with Crippen molar-refractivity contribution in [3.63, 3.8) is 0 Å². The summed E-state index contributed by atoms with van der Waals surface area (Å²) in [6.45, 7) is 7.98. The van der Waals surface area contributed by atoms with Crippen LogP contribution in [-0.2, 0) is 11.0 Å². The van der Waals surface area contributed by atoms with Gasteiger partial charge in [-0.25, -0.2) is 4.79 Å². The molecule has 0 saturated carbocycles. The van der Waals surface area contributed by atoms with Crippen LogP contribution in [0.5, 0.6) is 5.75 Å². The zero-order valence-corrected chi connectivity index (χ0v) is 21.8. The van der Waals surface area contributed by atoms with E-state index in [1.807, 2.05) is 25.7 Å². The fraction of sp³-hybridized carbons (Fsp3) is 0.500. The summed E-state index contributed by atoms with van der Waals surface area (Å²) in [7, 11) is 1.61. The molecule has 0 aromatic heterocycles. The highest BCUT2D eigenvalue weighted by Crippen LogP contribution is 2.41. The van der Waals surface area contributed by atoms with Gasteiger partial charge in [-0.1, -0.05) is 26.0 Å². The van der Waals surface area contributed by atoms with Crippen molar-refractivity contribution in [1.82, 2.24) is 14.7 Å². The number of hydrogen-bond acceptors (Lipinski definition) is 3. The number of rotatable bonds is 4. The zero-order valence-electron chi connectivity index (χ0n) is 21.8. The number of phenolic OH excluding ortho intramolecular Hbond substituents is 1. The first kappa shape index (κ1) is 26.8. The van der Waals surface area contributed by atoms with Crippen LogP contribution in [0, 0.1) is 6.92 Å². The van der Waals surface area contributed by atoms with Gasteiger partial charge in [0, 0.05) is 26.6 Å². The Hall–Kier alpha value is -3.23. The van der Waals surface area contributed by atoms with E-state index in [0.29, 0.717) is 37.1 Å². The number of urea groups is 1. The number of aryl methyl sites for hydroxylation is 1. The molecule has 37 heavy (non-hydrogen) atoms. The minimum Gasteiger partial charge on any atom is -0.508 e. The largest absolute Gasteiger partial charge is 0.508 e. The van der Waals surface area contributed by atoms with Crippen LogP contribution in [0.1, 0.15) is 79.4 Å². The lowest BCUT2D eigenvalue weighted by Gasteiger charge is -2.47. The molecule has 200 valence electrons. The lowest BCUT2D eigenvalue weighted by Crippen LogP contribution is -2.57. The third kappa shape index (κ3) is 5.13. The highest BCUT2D eigenvalue weighted by molar-refractivity contribution is 5.81. The van der Waals surface area contributed by atoms with Crippen LogP contribution < -0.4 is 0 Å². The second kappa shape index (κ2) is 9.91. The molecule has 0 aliphatic carbocycles. The molecule has 3 amide bonds. The highest BCUT2D eigenvalue weighted by atomic mass is 19.4. The predicted molar refractivity (Wildman–Crippen MR) is 134 cm³/mol. The maximum absolute atomic E-state index is 13.9. The maximum atomic E-state index is 13.9. The number of phenols is 1. The SMILES string of the molecule is Cc1cc(O)ccc1C1C2CCC(=O)N2CCN1C(=O)N(C)C(C)c1cc(C(C)C)cc(C(F)(F)F)c1. The average Bonchev–Trinajstić information content (AvgIpc) is 3.22. The van der Waals surface area contributed by atoms with Crippen molar-refractivity contribution in [1.29, 1.82) is 0 Å². The van der Waals surface area contributed by atoms with Gasteiger partial charge in [0.1, 0.15) is 5.75 Å². The Balaban J connectivity index is 1.69. The molecule has 2 aliphatic heterocycles. The number of amides is 3. The topological polar surface area (TPSA) is 64.1 Å². The van der Waals surface area contributed by atoms with Gasteiger partial charge in [-0.15, -0.1) is 0 Å². The average molecular weight is 518 g/mol. The fourth-order valence-electron chi connectivity index (χ4n) is 5.53. The molecule has 1 N–H and O–H groups in total. The second-order valence-corrected chi connectivity index (χ2v) is 10.5. The molecular weight excluding hydrogens is 483 g/mol. The number of alkyl halides is 3. The summed E-state index contributed by atoms with van der Waals surface area (Å²) >= 11 is 0. The van der Waals surface area contributed by atoms with Gasteiger partial charge in [0.25, 0.3) is 0 Å². The molecule has 2 aromatic carbocycles. The van der Waals surface area contributed by atoms with E-state index in [4.69, 9.17) is 0 Å². The normalized spacial score (nSPS) is 20.8. The number of piperazine rings is 1. The quantitative estimate of drug-likeness (QED) is 0.541. The van der Waals surface area contributed by atoms with Gasteiger partial charge < -0.3 is 19.8 Å². The standard InChI is InChI=1S/C28H34F3N3O3/c1-16(2)19-13-20(15-21(14-19)28(29,30)31)18(4)32(5)27(37)34-11-10-33-24(8-9-25(33)36)26(34)23-7-6-22(35)12-17(23)3/h6-7,12-16,18,24,26,35H,8-11H2,1-5H3. The van der Waals surface area contributed by atoms with E-state index >= 15 is 0 Å². The number of nitrogens with zero attached hydrogens (tertiary/aromatic N) is 3. The first-order valence-corrected chi connectivity index (χ1v) is 12.6. The number of aromatic hydroxyl groups is 1. The number of carbonyl (C=O) groups is 2. The Morgan fingerprint density at radius 1 is 1.08 bits per heavy atom. The monoisotopic (exact) mass is 517 g/mol. The highest BCUT2D eigenvalue weighted by Gasteiger charge is 2.46. The molecule has 2 aliphatic rings. The second-order valence-electron chi connectivity index (χ2n) is 10.5. The summed E-state index contributed by atoms with van der Waals surface area (Å²) in [6.07, 6.45) is -3.47. The van der Waals surface area contributed by atoms with Crippen LogP contribution in [0.25, 0.3) is 0 Å². The molecule has 4 rings (SSSR count). The first-order valence-electron chi connectivity index (χ1n) is 12.6. The van der Waals surface area contributed by atoms with Gasteiger partial charge in [0.2, 0.25) is 5.91 Å². The minimum absolute atomic E-state index is 0.0606. The van der Waals surface area contributed by atoms with E-state index in [1.54, 1.807) is 43.1 Å². The molecule has 2 heterocycles. The first-order chi connectivity index (χ1) is 17.3. The molecule has 9 heteroatoms. The lowest BCUT2D eigenvalue weighted by molar-refractivity contribution is -0.137. The number of carbonyl (C=O) groups excluding carboxylic acids is 2. The van der Waals surface area contributed by atoms with E-state index in [1.165, 1.54) is 11.0 Å². The summed E-state index contributed by atoms with van der Waals surface area (Å²) in [4.78, 5) is 31.5. The molecule has 0 bridgehead atoms. The maximum Gasteiger partial charge on any atom is 0.416 e. The summed E-state index contributed by atoms with van der Waals surface area (Å²) in [5, 5.41) is 9.94. The molecule has 6 nitrogen and oxygen atoms in total. The number of halogens is 3. The Bertz CT molecular complexity index is 1200. The number of benzene rings is 2. The van der Waals surface area contributed by atoms with Gasteiger partial charge in [0.15, 0.2) is 0 Å². The van der Waals surface area contributed by atoms with Crippen molar-refractivity contribution in [2.24, 2.45) is 0 Å². The molecular formula is C28H34F3N3O3. The van der Waals surface area contributed by atoms with Crippen LogP contribution in [0.15, 0.2) is 36.4 Å². The summed E-state index contributed by atoms with van der Waals surface area (Å²) in [5.41, 5.74) is 1.91. The Morgan fingerprint density at radius 3 is 2.38 bits per heavy atom. The summed E-state index contributed by atoms with van der Waals surface area (Å²) < 4.78 is 40.9. The van der Waals surface area contributed by atoms with Crippen molar-refractivity contribution in [3.8, 4) is 5.75 Å². The van der Waals surface area contributed by atoms with Crippen LogP contribution in [0.2, 0.25) is 0 Å². The smallest absolute Gasteiger partial charge is 0.416 e. The van der Waals surface area contributed by atoms with Crippen LogP contribution in [0.4, 0.5) is 18.0 Å². The Morgan fingerprint density at radius 2 is 1.76 bits per heavy atom. The molecule has 2 saturated heterocycles. The van der Waals surface area contributed by atoms with Crippen LogP contribution in [-0.4, -0.2) is 57.9 Å². The van der Waals surface area contributed by atoms with Gasteiger partial charge in [-0.05, 0) is 72.7 Å². The zero-order chi connectivity index (χ0) is 27.2. The molecule has 3 atom stereocenters. The van der Waals surface area contributed by atoms with Crippen molar-refractivity contribution in [3.05, 3.63) is 64.2 Å².